The average molecular weight is 444 g/mol. The summed E-state index contributed by atoms with van der Waals surface area (Å²) in [5, 5.41) is 7.12. The lowest BCUT2D eigenvalue weighted by Crippen LogP contribution is -2.40. The van der Waals surface area contributed by atoms with E-state index in [1.54, 1.807) is 0 Å². The van der Waals surface area contributed by atoms with Crippen molar-refractivity contribution >= 4 is 11.9 Å². The number of alkyl halides is 3. The van der Waals surface area contributed by atoms with E-state index < -0.39 is 12.1 Å². The molecule has 1 amide bonds. The SMILES string of the molecule is CC1c2nc(C(=O)N3CC=CC3)cn2CCN1CC1CCOCC1.O=C(O)C(F)(F)F. The van der Waals surface area contributed by atoms with Gasteiger partial charge >= 0.3 is 12.1 Å². The lowest BCUT2D eigenvalue weighted by atomic mass is 9.98. The van der Waals surface area contributed by atoms with Crippen molar-refractivity contribution in [2.24, 2.45) is 5.92 Å². The molecular formula is C20H27F3N4O4. The minimum Gasteiger partial charge on any atom is -0.475 e. The number of hydrogen-bond donors (Lipinski definition) is 1. The second-order valence-corrected chi connectivity index (χ2v) is 7.89. The van der Waals surface area contributed by atoms with Crippen LogP contribution in [0.15, 0.2) is 18.3 Å². The normalized spacial score (nSPS) is 22.1. The predicted octanol–water partition coefficient (Wildman–Crippen LogP) is 2.33. The summed E-state index contributed by atoms with van der Waals surface area (Å²) in [6, 6.07) is 0.264. The molecule has 0 saturated carbocycles. The topological polar surface area (TPSA) is 87.9 Å². The third-order valence-corrected chi connectivity index (χ3v) is 5.76. The molecule has 1 atom stereocenters. The smallest absolute Gasteiger partial charge is 0.475 e. The number of fused-ring (bicyclic) bond motifs is 1. The predicted molar refractivity (Wildman–Crippen MR) is 104 cm³/mol. The summed E-state index contributed by atoms with van der Waals surface area (Å²) in [4.78, 5) is 30.5. The van der Waals surface area contributed by atoms with Gasteiger partial charge in [-0.1, -0.05) is 12.2 Å². The molecule has 1 aromatic heterocycles. The van der Waals surface area contributed by atoms with E-state index >= 15 is 0 Å². The third kappa shape index (κ3) is 5.85. The molecule has 0 bridgehead atoms. The van der Waals surface area contributed by atoms with Crippen molar-refractivity contribution in [3.8, 4) is 0 Å². The number of aliphatic carboxylic acids is 1. The first-order valence-electron chi connectivity index (χ1n) is 10.3. The van der Waals surface area contributed by atoms with Crippen LogP contribution in [0.4, 0.5) is 13.2 Å². The number of hydrogen-bond acceptors (Lipinski definition) is 5. The van der Waals surface area contributed by atoms with E-state index in [-0.39, 0.29) is 11.9 Å². The molecule has 0 spiro atoms. The number of aromatic nitrogens is 2. The molecule has 1 unspecified atom stereocenters. The number of carbonyl (C=O) groups excluding carboxylic acids is 1. The molecule has 1 fully saturated rings. The fourth-order valence-electron chi connectivity index (χ4n) is 3.95. The van der Waals surface area contributed by atoms with Crippen molar-refractivity contribution < 1.29 is 32.6 Å². The molecule has 4 heterocycles. The zero-order chi connectivity index (χ0) is 22.6. The van der Waals surface area contributed by atoms with Crippen molar-refractivity contribution in [2.75, 3.05) is 39.4 Å². The van der Waals surface area contributed by atoms with Gasteiger partial charge in [-0.25, -0.2) is 9.78 Å². The Hall–Kier alpha value is -2.40. The van der Waals surface area contributed by atoms with Gasteiger partial charge in [-0.15, -0.1) is 0 Å². The fraction of sp³-hybridized carbons (Fsp3) is 0.650. The average Bonchev–Trinajstić information content (AvgIpc) is 3.40. The second kappa shape index (κ2) is 9.82. The van der Waals surface area contributed by atoms with Crippen molar-refractivity contribution in [3.05, 3.63) is 29.9 Å². The van der Waals surface area contributed by atoms with Crippen LogP contribution in [-0.2, 0) is 16.1 Å². The van der Waals surface area contributed by atoms with Gasteiger partial charge in [0.2, 0.25) is 0 Å². The van der Waals surface area contributed by atoms with Crippen LogP contribution in [0, 0.1) is 5.92 Å². The number of nitrogens with zero attached hydrogens (tertiary/aromatic N) is 4. The summed E-state index contributed by atoms with van der Waals surface area (Å²) in [6.07, 6.45) is 3.24. The van der Waals surface area contributed by atoms with E-state index in [4.69, 9.17) is 19.6 Å². The molecule has 0 aromatic carbocycles. The largest absolute Gasteiger partial charge is 0.490 e. The maximum absolute atomic E-state index is 12.6. The van der Waals surface area contributed by atoms with Crippen molar-refractivity contribution in [1.82, 2.24) is 19.4 Å². The molecule has 0 radical (unpaired) electrons. The Labute approximate surface area is 178 Å². The van der Waals surface area contributed by atoms with Gasteiger partial charge in [-0.05, 0) is 25.7 Å². The minimum atomic E-state index is -5.08. The summed E-state index contributed by atoms with van der Waals surface area (Å²) in [5.41, 5.74) is 0.591. The molecule has 172 valence electrons. The highest BCUT2D eigenvalue weighted by molar-refractivity contribution is 5.92. The first-order valence-corrected chi connectivity index (χ1v) is 10.3. The second-order valence-electron chi connectivity index (χ2n) is 7.89. The van der Waals surface area contributed by atoms with Gasteiger partial charge in [0, 0.05) is 52.1 Å². The molecule has 8 nitrogen and oxygen atoms in total. The van der Waals surface area contributed by atoms with Crippen LogP contribution >= 0.6 is 0 Å². The molecule has 11 heteroatoms. The maximum atomic E-state index is 12.6. The molecule has 1 saturated heterocycles. The highest BCUT2D eigenvalue weighted by atomic mass is 19.4. The monoisotopic (exact) mass is 444 g/mol. The molecular weight excluding hydrogens is 417 g/mol. The summed E-state index contributed by atoms with van der Waals surface area (Å²) in [6.45, 7) is 8.45. The summed E-state index contributed by atoms with van der Waals surface area (Å²) >= 11 is 0. The molecule has 31 heavy (non-hydrogen) atoms. The highest BCUT2D eigenvalue weighted by Gasteiger charge is 2.38. The van der Waals surface area contributed by atoms with E-state index in [0.717, 1.165) is 57.4 Å². The van der Waals surface area contributed by atoms with Crippen LogP contribution in [0.1, 0.15) is 42.1 Å². The zero-order valence-corrected chi connectivity index (χ0v) is 17.3. The van der Waals surface area contributed by atoms with E-state index in [2.05, 4.69) is 16.4 Å². The van der Waals surface area contributed by atoms with Crippen molar-refractivity contribution in [2.45, 2.75) is 38.5 Å². The fourth-order valence-corrected chi connectivity index (χ4v) is 3.95. The molecule has 1 N–H and O–H groups in total. The zero-order valence-electron chi connectivity index (χ0n) is 17.3. The Kier molecular flexibility index (Phi) is 7.37. The van der Waals surface area contributed by atoms with Gasteiger partial charge in [-0.2, -0.15) is 13.2 Å². The summed E-state index contributed by atoms with van der Waals surface area (Å²) < 4.78 is 39.4. The number of amides is 1. The molecule has 3 aliphatic rings. The Morgan fingerprint density at radius 2 is 1.81 bits per heavy atom. The van der Waals surface area contributed by atoms with E-state index in [0.29, 0.717) is 18.8 Å². The van der Waals surface area contributed by atoms with Gasteiger partial charge in [0.1, 0.15) is 11.5 Å². The Morgan fingerprint density at radius 1 is 1.19 bits per heavy atom. The number of ether oxygens (including phenoxy) is 1. The van der Waals surface area contributed by atoms with Crippen LogP contribution in [0.25, 0.3) is 0 Å². The molecule has 0 aliphatic carbocycles. The van der Waals surface area contributed by atoms with Crippen LogP contribution in [0.5, 0.6) is 0 Å². The lowest BCUT2D eigenvalue weighted by Gasteiger charge is -2.37. The van der Waals surface area contributed by atoms with Gasteiger partial charge < -0.3 is 19.3 Å². The maximum Gasteiger partial charge on any atom is 0.490 e. The van der Waals surface area contributed by atoms with Gasteiger partial charge in [-0.3, -0.25) is 9.69 Å². The van der Waals surface area contributed by atoms with Crippen LogP contribution in [0.3, 0.4) is 0 Å². The number of halogens is 3. The first-order chi connectivity index (χ1) is 14.7. The number of rotatable bonds is 3. The van der Waals surface area contributed by atoms with E-state index in [1.165, 1.54) is 0 Å². The molecule has 3 aliphatic heterocycles. The van der Waals surface area contributed by atoms with Gasteiger partial charge in [0.05, 0.1) is 6.04 Å². The number of carboxylic acids is 1. The highest BCUT2D eigenvalue weighted by Crippen LogP contribution is 2.28. The van der Waals surface area contributed by atoms with Crippen LogP contribution < -0.4 is 0 Å². The Bertz CT molecular complexity index is 810. The quantitative estimate of drug-likeness (QED) is 0.720. The van der Waals surface area contributed by atoms with Crippen LogP contribution in [-0.4, -0.2) is 81.9 Å². The molecule has 4 rings (SSSR count). The minimum absolute atomic E-state index is 0.0464. The van der Waals surface area contributed by atoms with Crippen molar-refractivity contribution in [3.63, 3.8) is 0 Å². The number of carbonyl (C=O) groups is 2. The van der Waals surface area contributed by atoms with Gasteiger partial charge in [0.15, 0.2) is 0 Å². The Balaban J connectivity index is 0.000000339. The lowest BCUT2D eigenvalue weighted by molar-refractivity contribution is -0.192. The molecule has 1 aromatic rings. The third-order valence-electron chi connectivity index (χ3n) is 5.76. The van der Waals surface area contributed by atoms with E-state index in [1.807, 2.05) is 23.2 Å². The van der Waals surface area contributed by atoms with Crippen molar-refractivity contribution in [1.29, 1.82) is 0 Å². The number of imidazole rings is 1. The van der Waals surface area contributed by atoms with Gasteiger partial charge in [0.25, 0.3) is 5.91 Å². The number of carboxylic acid groups (broad SMARTS) is 1. The Morgan fingerprint density at radius 3 is 2.39 bits per heavy atom. The van der Waals surface area contributed by atoms with Crippen LogP contribution in [0.2, 0.25) is 0 Å². The standard InChI is InChI=1S/C18H26N4O2.C2HF3O2/c1-14-17-19-16(18(23)20-6-2-3-7-20)13-22(17)9-8-21(14)12-15-4-10-24-11-5-15;3-2(4,5)1(6)7/h2-3,13-15H,4-12H2,1H3;(H,6,7). The first kappa shape index (κ1) is 23.3. The summed E-state index contributed by atoms with van der Waals surface area (Å²) in [7, 11) is 0. The van der Waals surface area contributed by atoms with E-state index in [9.17, 15) is 18.0 Å². The summed E-state index contributed by atoms with van der Waals surface area (Å²) in [5.74, 6) is -0.958.